The molecule has 1 aliphatic rings. The van der Waals surface area contributed by atoms with E-state index in [0.29, 0.717) is 11.1 Å². The van der Waals surface area contributed by atoms with Gasteiger partial charge in [-0.25, -0.2) is 4.79 Å². The molecule has 5 nitrogen and oxygen atoms in total. The maximum atomic E-state index is 12.4. The Balaban J connectivity index is 0.000000167. The molecule has 0 saturated heterocycles. The van der Waals surface area contributed by atoms with Gasteiger partial charge in [-0.05, 0) is 65.1 Å². The smallest absolute Gasteiger partial charge is 0.416 e. The molecule has 1 aliphatic heterocycles. The van der Waals surface area contributed by atoms with Crippen molar-refractivity contribution >= 4 is 17.3 Å². The van der Waals surface area contributed by atoms with Gasteiger partial charge in [0.1, 0.15) is 0 Å². The van der Waals surface area contributed by atoms with Crippen molar-refractivity contribution in [2.45, 2.75) is 19.1 Å². The first kappa shape index (κ1) is 23.9. The highest BCUT2D eigenvalue weighted by molar-refractivity contribution is 5.96. The molecule has 1 aromatic heterocycles. The normalized spacial score (nSPS) is 12.9. The largest absolute Gasteiger partial charge is 0.478 e. The standard InChI is InChI=1S/C14H9F3O2.C13H15N3/c15-14(16,17)10-7-5-9(6-8-10)11-3-1-2-4-12(11)13(18)19;14-12-2-1-11-9-16(6-4-10(11)7-12)13-3-5-15-8-13/h1-8H,(H,18,19);1-3,5,7-8,15H,4,6,9,14H2. The number of rotatable bonds is 3. The summed E-state index contributed by atoms with van der Waals surface area (Å²) < 4.78 is 37.3. The quantitative estimate of drug-likeness (QED) is 0.304. The number of benzene rings is 3. The van der Waals surface area contributed by atoms with Crippen molar-refractivity contribution in [3.8, 4) is 11.1 Å². The Kier molecular flexibility index (Phi) is 6.82. The summed E-state index contributed by atoms with van der Waals surface area (Å²) in [6.45, 7) is 2.04. The number of hydrogen-bond donors (Lipinski definition) is 3. The van der Waals surface area contributed by atoms with Crippen LogP contribution in [0.25, 0.3) is 11.1 Å². The molecule has 0 aliphatic carbocycles. The molecule has 0 bridgehead atoms. The van der Waals surface area contributed by atoms with Gasteiger partial charge in [-0.2, -0.15) is 13.2 Å². The van der Waals surface area contributed by atoms with E-state index in [1.54, 1.807) is 18.2 Å². The van der Waals surface area contributed by atoms with Crippen LogP contribution in [-0.2, 0) is 19.1 Å². The number of nitrogens with zero attached hydrogens (tertiary/aromatic N) is 1. The van der Waals surface area contributed by atoms with Crippen LogP contribution in [-0.4, -0.2) is 22.6 Å². The van der Waals surface area contributed by atoms with Crippen molar-refractivity contribution in [3.63, 3.8) is 0 Å². The molecule has 0 saturated carbocycles. The number of fused-ring (bicyclic) bond motifs is 1. The molecule has 4 N–H and O–H groups in total. The second-order valence-electron chi connectivity index (χ2n) is 8.19. The van der Waals surface area contributed by atoms with Gasteiger partial charge in [-0.15, -0.1) is 0 Å². The van der Waals surface area contributed by atoms with Crippen LogP contribution in [0.5, 0.6) is 0 Å². The average Bonchev–Trinajstić information content (AvgIpc) is 3.39. The average molecular weight is 480 g/mol. The van der Waals surface area contributed by atoms with E-state index in [2.05, 4.69) is 28.1 Å². The molecule has 0 fully saturated rings. The summed E-state index contributed by atoms with van der Waals surface area (Å²) in [6.07, 6.45) is 0.687. The summed E-state index contributed by atoms with van der Waals surface area (Å²) in [6, 6.07) is 18.9. The van der Waals surface area contributed by atoms with Crippen molar-refractivity contribution in [2.24, 2.45) is 0 Å². The first-order chi connectivity index (χ1) is 16.7. The van der Waals surface area contributed by atoms with Gasteiger partial charge < -0.3 is 20.7 Å². The zero-order valence-corrected chi connectivity index (χ0v) is 18.7. The number of nitrogen functional groups attached to an aromatic ring is 1. The summed E-state index contributed by atoms with van der Waals surface area (Å²) in [5, 5.41) is 9.03. The molecule has 3 aromatic carbocycles. The number of alkyl halides is 3. The highest BCUT2D eigenvalue weighted by Gasteiger charge is 2.30. The molecular weight excluding hydrogens is 455 g/mol. The summed E-state index contributed by atoms with van der Waals surface area (Å²) in [5.41, 5.74) is 10.8. The van der Waals surface area contributed by atoms with Gasteiger partial charge in [0, 0.05) is 31.2 Å². The van der Waals surface area contributed by atoms with E-state index in [0.717, 1.165) is 37.3 Å². The lowest BCUT2D eigenvalue weighted by Gasteiger charge is -2.29. The number of carbonyl (C=O) groups is 1. The van der Waals surface area contributed by atoms with Crippen LogP contribution in [0.4, 0.5) is 24.5 Å². The number of carboxylic acids is 1. The van der Waals surface area contributed by atoms with E-state index in [4.69, 9.17) is 10.8 Å². The summed E-state index contributed by atoms with van der Waals surface area (Å²) in [4.78, 5) is 16.5. The van der Waals surface area contributed by atoms with Gasteiger partial charge in [0.05, 0.1) is 16.8 Å². The Morgan fingerprint density at radius 2 is 1.71 bits per heavy atom. The van der Waals surface area contributed by atoms with Gasteiger partial charge in [-0.3, -0.25) is 0 Å². The molecule has 0 unspecified atom stereocenters. The predicted molar refractivity (Wildman–Crippen MR) is 130 cm³/mol. The molecule has 0 atom stereocenters. The third-order valence-corrected chi connectivity index (χ3v) is 5.87. The maximum Gasteiger partial charge on any atom is 0.416 e. The number of anilines is 2. The lowest BCUT2D eigenvalue weighted by Crippen LogP contribution is -2.29. The fourth-order valence-corrected chi connectivity index (χ4v) is 4.07. The highest BCUT2D eigenvalue weighted by Crippen LogP contribution is 2.32. The number of aromatic amines is 1. The Labute approximate surface area is 200 Å². The molecule has 8 heteroatoms. The third kappa shape index (κ3) is 5.66. The van der Waals surface area contributed by atoms with Gasteiger partial charge in [-0.1, -0.05) is 36.4 Å². The lowest BCUT2D eigenvalue weighted by molar-refractivity contribution is -0.137. The molecular formula is C27H24F3N3O2. The second-order valence-corrected chi connectivity index (χ2v) is 8.19. The Morgan fingerprint density at radius 3 is 2.37 bits per heavy atom. The minimum atomic E-state index is -4.40. The summed E-state index contributed by atoms with van der Waals surface area (Å²) >= 11 is 0. The zero-order chi connectivity index (χ0) is 25.0. The fourth-order valence-electron chi connectivity index (χ4n) is 4.07. The number of aromatic nitrogens is 1. The SMILES string of the molecule is Nc1ccc2c(c1)CCN(c1cc[nH]c1)C2.O=C(O)c1ccccc1-c1ccc(C(F)(F)F)cc1. The van der Waals surface area contributed by atoms with Crippen molar-refractivity contribution in [1.82, 2.24) is 4.98 Å². The van der Waals surface area contributed by atoms with Crippen LogP contribution >= 0.6 is 0 Å². The van der Waals surface area contributed by atoms with E-state index >= 15 is 0 Å². The van der Waals surface area contributed by atoms with Crippen molar-refractivity contribution in [1.29, 1.82) is 0 Å². The number of H-pyrrole nitrogens is 1. The molecule has 4 aromatic rings. The summed E-state index contributed by atoms with van der Waals surface area (Å²) in [5.74, 6) is -1.12. The van der Waals surface area contributed by atoms with Crippen LogP contribution in [0.15, 0.2) is 85.2 Å². The minimum absolute atomic E-state index is 0.0576. The Hall–Kier alpha value is -4.20. The Bertz CT molecular complexity index is 1300. The van der Waals surface area contributed by atoms with E-state index in [1.165, 1.54) is 35.0 Å². The topological polar surface area (TPSA) is 82.3 Å². The van der Waals surface area contributed by atoms with Gasteiger partial charge >= 0.3 is 12.1 Å². The van der Waals surface area contributed by atoms with Crippen molar-refractivity contribution < 1.29 is 23.1 Å². The molecule has 0 spiro atoms. The lowest BCUT2D eigenvalue weighted by atomic mass is 9.99. The van der Waals surface area contributed by atoms with E-state index in [9.17, 15) is 18.0 Å². The Morgan fingerprint density at radius 1 is 0.971 bits per heavy atom. The highest BCUT2D eigenvalue weighted by atomic mass is 19.4. The maximum absolute atomic E-state index is 12.4. The first-order valence-electron chi connectivity index (χ1n) is 11.0. The van der Waals surface area contributed by atoms with E-state index < -0.39 is 17.7 Å². The molecule has 0 radical (unpaired) electrons. The van der Waals surface area contributed by atoms with Crippen LogP contribution in [0.3, 0.4) is 0 Å². The van der Waals surface area contributed by atoms with Crippen LogP contribution in [0.1, 0.15) is 27.0 Å². The van der Waals surface area contributed by atoms with Gasteiger partial charge in [0.15, 0.2) is 0 Å². The molecule has 180 valence electrons. The number of hydrogen-bond acceptors (Lipinski definition) is 3. The van der Waals surface area contributed by atoms with E-state index in [-0.39, 0.29) is 5.56 Å². The predicted octanol–water partition coefficient (Wildman–Crippen LogP) is 6.23. The number of nitrogens with two attached hydrogens (primary N) is 1. The van der Waals surface area contributed by atoms with Crippen LogP contribution in [0, 0.1) is 0 Å². The molecule has 0 amide bonds. The minimum Gasteiger partial charge on any atom is -0.478 e. The number of aromatic carboxylic acids is 1. The van der Waals surface area contributed by atoms with Crippen LogP contribution < -0.4 is 10.6 Å². The van der Waals surface area contributed by atoms with Crippen LogP contribution in [0.2, 0.25) is 0 Å². The van der Waals surface area contributed by atoms with Crippen molar-refractivity contribution in [2.75, 3.05) is 17.2 Å². The number of nitrogens with one attached hydrogen (secondary N) is 1. The van der Waals surface area contributed by atoms with Gasteiger partial charge in [0.2, 0.25) is 0 Å². The number of halogens is 3. The van der Waals surface area contributed by atoms with Gasteiger partial charge in [0.25, 0.3) is 0 Å². The van der Waals surface area contributed by atoms with E-state index in [1.807, 2.05) is 18.5 Å². The number of carboxylic acid groups (broad SMARTS) is 1. The summed E-state index contributed by atoms with van der Waals surface area (Å²) in [7, 11) is 0. The second kappa shape index (κ2) is 9.97. The monoisotopic (exact) mass is 479 g/mol. The third-order valence-electron chi connectivity index (χ3n) is 5.87. The molecule has 5 rings (SSSR count). The zero-order valence-electron chi connectivity index (χ0n) is 18.7. The first-order valence-corrected chi connectivity index (χ1v) is 11.0. The molecule has 35 heavy (non-hydrogen) atoms. The molecule has 2 heterocycles. The van der Waals surface area contributed by atoms with Crippen molar-refractivity contribution in [3.05, 3.63) is 107 Å². The fraction of sp³-hybridized carbons (Fsp3) is 0.148.